The lowest BCUT2D eigenvalue weighted by molar-refractivity contribution is 0.0744. The van der Waals surface area contributed by atoms with Crippen LogP contribution in [0.4, 0.5) is 4.39 Å². The predicted molar refractivity (Wildman–Crippen MR) is 132 cm³/mol. The van der Waals surface area contributed by atoms with Crippen molar-refractivity contribution < 1.29 is 13.9 Å². The third kappa shape index (κ3) is 5.52. The predicted octanol–water partition coefficient (Wildman–Crippen LogP) is 5.26. The monoisotopic (exact) mass is 458 g/mol. The summed E-state index contributed by atoms with van der Waals surface area (Å²) < 4.78 is 19.4. The summed E-state index contributed by atoms with van der Waals surface area (Å²) in [5, 5.41) is 0.817. The highest BCUT2D eigenvalue weighted by Crippen LogP contribution is 2.20. The van der Waals surface area contributed by atoms with Crippen LogP contribution in [0.2, 0.25) is 0 Å². The lowest BCUT2D eigenvalue weighted by Gasteiger charge is -2.23. The third-order valence-electron chi connectivity index (χ3n) is 5.68. The van der Waals surface area contributed by atoms with Crippen LogP contribution in [0.1, 0.15) is 34.0 Å². The number of nitrogens with zero attached hydrogens (tertiary/aromatic N) is 1. The highest BCUT2D eigenvalue weighted by Gasteiger charge is 2.19. The van der Waals surface area contributed by atoms with Gasteiger partial charge in [-0.3, -0.25) is 9.59 Å². The van der Waals surface area contributed by atoms with Gasteiger partial charge in [-0.05, 0) is 68.3 Å². The zero-order valence-electron chi connectivity index (χ0n) is 19.3. The Morgan fingerprint density at radius 2 is 1.85 bits per heavy atom. The van der Waals surface area contributed by atoms with Crippen molar-refractivity contribution in [3.05, 3.63) is 111 Å². The second-order valence-electron chi connectivity index (χ2n) is 8.28. The molecule has 174 valence electrons. The van der Waals surface area contributed by atoms with Crippen molar-refractivity contribution in [2.24, 2.45) is 0 Å². The van der Waals surface area contributed by atoms with Crippen molar-refractivity contribution >= 4 is 16.8 Å². The van der Waals surface area contributed by atoms with Crippen molar-refractivity contribution in [1.29, 1.82) is 0 Å². The minimum atomic E-state index is -0.475. The standard InChI is InChI=1S/C28H27FN2O3/c1-3-34-25-10-11-26-22(17-25)15-23(27(32)30-26)18-31(13-12-20-7-4-6-19(2)14-20)28(33)21-8-5-9-24(29)16-21/h4-11,14-17H,3,12-13,18H2,1-2H3,(H,30,32). The SMILES string of the molecule is CCOc1ccc2[nH]c(=O)c(CN(CCc3cccc(C)c3)C(=O)c3cccc(F)c3)cc2c1. The number of fused-ring (bicyclic) bond motifs is 1. The van der Waals surface area contributed by atoms with E-state index < -0.39 is 5.82 Å². The third-order valence-corrected chi connectivity index (χ3v) is 5.68. The molecule has 1 aromatic heterocycles. The molecular formula is C28H27FN2O3. The summed E-state index contributed by atoms with van der Waals surface area (Å²) in [6.45, 7) is 4.95. The molecule has 1 heterocycles. The smallest absolute Gasteiger partial charge is 0.254 e. The van der Waals surface area contributed by atoms with Gasteiger partial charge in [-0.15, -0.1) is 0 Å². The van der Waals surface area contributed by atoms with E-state index in [2.05, 4.69) is 11.1 Å². The maximum absolute atomic E-state index is 13.8. The Hall–Kier alpha value is -3.93. The number of hydrogen-bond acceptors (Lipinski definition) is 3. The van der Waals surface area contributed by atoms with E-state index in [-0.39, 0.29) is 23.6 Å². The Bertz CT molecular complexity index is 1380. The molecule has 0 aliphatic rings. The molecule has 0 unspecified atom stereocenters. The number of carbonyl (C=O) groups excluding carboxylic acids is 1. The molecular weight excluding hydrogens is 431 g/mol. The van der Waals surface area contributed by atoms with Crippen molar-refractivity contribution in [2.45, 2.75) is 26.8 Å². The van der Waals surface area contributed by atoms with E-state index in [1.165, 1.54) is 18.2 Å². The first-order valence-electron chi connectivity index (χ1n) is 11.3. The Labute approximate surface area is 197 Å². The zero-order valence-corrected chi connectivity index (χ0v) is 19.3. The summed E-state index contributed by atoms with van der Waals surface area (Å²) in [6, 6.07) is 21.0. The molecule has 0 aliphatic heterocycles. The topological polar surface area (TPSA) is 62.4 Å². The van der Waals surface area contributed by atoms with Crippen LogP contribution in [0.3, 0.4) is 0 Å². The summed E-state index contributed by atoms with van der Waals surface area (Å²) in [5.74, 6) is -0.0913. The molecule has 34 heavy (non-hydrogen) atoms. The number of carbonyl (C=O) groups is 1. The first kappa shape index (κ1) is 23.2. The molecule has 4 aromatic rings. The second kappa shape index (κ2) is 10.3. The molecule has 0 saturated heterocycles. The molecule has 5 nitrogen and oxygen atoms in total. The van der Waals surface area contributed by atoms with Gasteiger partial charge >= 0.3 is 0 Å². The number of H-pyrrole nitrogens is 1. The highest BCUT2D eigenvalue weighted by molar-refractivity contribution is 5.94. The summed E-state index contributed by atoms with van der Waals surface area (Å²) in [7, 11) is 0. The van der Waals surface area contributed by atoms with Crippen LogP contribution in [0.15, 0.2) is 77.6 Å². The first-order valence-corrected chi connectivity index (χ1v) is 11.3. The van der Waals surface area contributed by atoms with E-state index in [0.717, 1.165) is 16.5 Å². The van der Waals surface area contributed by atoms with Crippen LogP contribution in [0.25, 0.3) is 10.9 Å². The zero-order chi connectivity index (χ0) is 24.1. The lowest BCUT2D eigenvalue weighted by Crippen LogP contribution is -2.34. The molecule has 0 radical (unpaired) electrons. The van der Waals surface area contributed by atoms with Gasteiger partial charge in [0.2, 0.25) is 0 Å². The normalized spacial score (nSPS) is 10.9. The van der Waals surface area contributed by atoms with Crippen LogP contribution in [0.5, 0.6) is 5.75 Å². The fourth-order valence-corrected chi connectivity index (χ4v) is 4.00. The number of aromatic nitrogens is 1. The lowest BCUT2D eigenvalue weighted by atomic mass is 10.1. The summed E-state index contributed by atoms with van der Waals surface area (Å²) in [6.07, 6.45) is 0.614. The Kier molecular flexibility index (Phi) is 7.07. The molecule has 0 spiro atoms. The van der Waals surface area contributed by atoms with Crippen molar-refractivity contribution in [1.82, 2.24) is 9.88 Å². The first-order chi connectivity index (χ1) is 16.4. The summed E-state index contributed by atoms with van der Waals surface area (Å²) in [5.41, 5.74) is 3.36. The van der Waals surface area contributed by atoms with Gasteiger partial charge in [0.1, 0.15) is 11.6 Å². The van der Waals surface area contributed by atoms with Gasteiger partial charge in [0.15, 0.2) is 0 Å². The summed E-state index contributed by atoms with van der Waals surface area (Å²) >= 11 is 0. The van der Waals surface area contributed by atoms with Crippen LogP contribution < -0.4 is 10.3 Å². The van der Waals surface area contributed by atoms with Crippen molar-refractivity contribution in [2.75, 3.05) is 13.2 Å². The highest BCUT2D eigenvalue weighted by atomic mass is 19.1. The van der Waals surface area contributed by atoms with Gasteiger partial charge in [-0.2, -0.15) is 0 Å². The average Bonchev–Trinajstić information content (AvgIpc) is 2.82. The van der Waals surface area contributed by atoms with Crippen molar-refractivity contribution in [3.8, 4) is 5.75 Å². The Balaban J connectivity index is 1.66. The van der Waals surface area contributed by atoms with Crippen LogP contribution in [-0.4, -0.2) is 28.9 Å². The number of pyridine rings is 1. The number of hydrogen-bond donors (Lipinski definition) is 1. The number of amides is 1. The molecule has 6 heteroatoms. The number of aryl methyl sites for hydroxylation is 1. The van der Waals surface area contributed by atoms with Gasteiger partial charge in [-0.1, -0.05) is 35.9 Å². The number of benzene rings is 3. The van der Waals surface area contributed by atoms with Gasteiger partial charge in [0, 0.05) is 28.6 Å². The van der Waals surface area contributed by atoms with E-state index in [0.29, 0.717) is 36.4 Å². The van der Waals surface area contributed by atoms with E-state index in [9.17, 15) is 14.0 Å². The van der Waals surface area contributed by atoms with E-state index in [1.807, 2.05) is 44.2 Å². The maximum Gasteiger partial charge on any atom is 0.254 e. The Morgan fingerprint density at radius 3 is 2.62 bits per heavy atom. The molecule has 4 rings (SSSR count). The number of rotatable bonds is 8. The molecule has 0 bridgehead atoms. The number of halogens is 1. The molecule has 1 N–H and O–H groups in total. The van der Waals surface area contributed by atoms with Crippen LogP contribution >= 0.6 is 0 Å². The van der Waals surface area contributed by atoms with E-state index >= 15 is 0 Å². The van der Waals surface area contributed by atoms with E-state index in [1.54, 1.807) is 23.1 Å². The molecule has 1 amide bonds. The Morgan fingerprint density at radius 1 is 1.03 bits per heavy atom. The second-order valence-corrected chi connectivity index (χ2v) is 8.28. The number of nitrogens with one attached hydrogen (secondary N) is 1. The van der Waals surface area contributed by atoms with Gasteiger partial charge in [-0.25, -0.2) is 4.39 Å². The molecule has 0 atom stereocenters. The van der Waals surface area contributed by atoms with Crippen LogP contribution in [0, 0.1) is 12.7 Å². The average molecular weight is 459 g/mol. The van der Waals surface area contributed by atoms with E-state index in [4.69, 9.17) is 4.74 Å². The minimum absolute atomic E-state index is 0.102. The molecule has 0 saturated carbocycles. The molecule has 0 aliphatic carbocycles. The largest absolute Gasteiger partial charge is 0.494 e. The number of aromatic amines is 1. The summed E-state index contributed by atoms with van der Waals surface area (Å²) in [4.78, 5) is 30.6. The number of ether oxygens (including phenoxy) is 1. The van der Waals surface area contributed by atoms with Gasteiger partial charge in [0.25, 0.3) is 11.5 Å². The minimum Gasteiger partial charge on any atom is -0.494 e. The molecule has 0 fully saturated rings. The fourth-order valence-electron chi connectivity index (χ4n) is 4.00. The maximum atomic E-state index is 13.8. The molecule has 3 aromatic carbocycles. The van der Waals surface area contributed by atoms with Gasteiger partial charge in [0.05, 0.1) is 13.2 Å². The van der Waals surface area contributed by atoms with Gasteiger partial charge < -0.3 is 14.6 Å². The van der Waals surface area contributed by atoms with Crippen LogP contribution in [-0.2, 0) is 13.0 Å². The van der Waals surface area contributed by atoms with Crippen molar-refractivity contribution in [3.63, 3.8) is 0 Å². The quantitative estimate of drug-likeness (QED) is 0.392. The fraction of sp³-hybridized carbons (Fsp3) is 0.214.